The minimum absolute atomic E-state index is 0.0568. The molecule has 1 atom stereocenters. The number of fused-ring (bicyclic) bond motifs is 1. The molecule has 4 heterocycles. The van der Waals surface area contributed by atoms with E-state index >= 15 is 0 Å². The molecular weight excluding hydrogens is 418 g/mol. The molecule has 1 aromatic carbocycles. The average Bonchev–Trinajstić information content (AvgIpc) is 3.44. The molecule has 1 unspecified atom stereocenters. The second-order valence-electron chi connectivity index (χ2n) is 9.04. The Morgan fingerprint density at radius 1 is 1.24 bits per heavy atom. The zero-order valence-corrected chi connectivity index (χ0v) is 19.3. The fraction of sp³-hybridized carbons (Fsp3) is 0.500. The predicted molar refractivity (Wildman–Crippen MR) is 127 cm³/mol. The molecule has 0 spiro atoms. The van der Waals surface area contributed by atoms with E-state index in [1.807, 2.05) is 35.4 Å². The van der Waals surface area contributed by atoms with E-state index in [1.54, 1.807) is 4.52 Å². The van der Waals surface area contributed by atoms with Crippen LogP contribution < -0.4 is 20.3 Å². The summed E-state index contributed by atoms with van der Waals surface area (Å²) in [7, 11) is 0. The molecule has 2 aromatic heterocycles. The highest BCUT2D eigenvalue weighted by molar-refractivity contribution is 5.96. The largest absolute Gasteiger partial charge is 0.459 e. The first-order chi connectivity index (χ1) is 16.1. The van der Waals surface area contributed by atoms with E-state index in [0.717, 1.165) is 61.4 Å². The van der Waals surface area contributed by atoms with E-state index in [2.05, 4.69) is 34.6 Å². The highest BCUT2D eigenvalue weighted by Gasteiger charge is 2.24. The lowest BCUT2D eigenvalue weighted by molar-refractivity contribution is -0.117. The number of amides is 1. The number of para-hydroxylation sites is 1. The minimum atomic E-state index is 0.0568. The van der Waals surface area contributed by atoms with Crippen molar-refractivity contribution in [3.8, 4) is 6.01 Å². The maximum Gasteiger partial charge on any atom is 0.322 e. The number of piperidine rings is 1. The van der Waals surface area contributed by atoms with Crippen molar-refractivity contribution in [2.75, 3.05) is 29.9 Å². The van der Waals surface area contributed by atoms with Gasteiger partial charge in [0.1, 0.15) is 6.10 Å². The van der Waals surface area contributed by atoms with Gasteiger partial charge >= 0.3 is 6.01 Å². The molecule has 1 amide bonds. The Bertz CT molecular complexity index is 1140. The van der Waals surface area contributed by atoms with Crippen LogP contribution in [0.4, 0.5) is 11.6 Å². The predicted octanol–water partition coefficient (Wildman–Crippen LogP) is 3.12. The molecule has 9 nitrogen and oxygen atoms in total. The van der Waals surface area contributed by atoms with Crippen LogP contribution in [0.3, 0.4) is 0 Å². The maximum absolute atomic E-state index is 12.3. The van der Waals surface area contributed by atoms with Crippen molar-refractivity contribution in [2.45, 2.75) is 58.1 Å². The van der Waals surface area contributed by atoms with Gasteiger partial charge in [-0.05, 0) is 43.4 Å². The summed E-state index contributed by atoms with van der Waals surface area (Å²) in [6, 6.07) is 8.38. The van der Waals surface area contributed by atoms with Crippen molar-refractivity contribution >= 4 is 23.2 Å². The molecule has 5 rings (SSSR count). The van der Waals surface area contributed by atoms with E-state index < -0.39 is 0 Å². The molecule has 2 N–H and O–H groups in total. The van der Waals surface area contributed by atoms with E-state index in [-0.39, 0.29) is 17.9 Å². The summed E-state index contributed by atoms with van der Waals surface area (Å²) in [5.41, 5.74) is 3.79. The van der Waals surface area contributed by atoms with Crippen molar-refractivity contribution in [1.29, 1.82) is 0 Å². The summed E-state index contributed by atoms with van der Waals surface area (Å²) in [6.07, 6.45) is 5.47. The Morgan fingerprint density at radius 2 is 2.12 bits per heavy atom. The van der Waals surface area contributed by atoms with Gasteiger partial charge in [-0.2, -0.15) is 19.6 Å². The first kappa shape index (κ1) is 21.6. The lowest BCUT2D eigenvalue weighted by Crippen LogP contribution is -2.37. The van der Waals surface area contributed by atoms with Gasteiger partial charge in [0.05, 0.1) is 6.20 Å². The van der Waals surface area contributed by atoms with Crippen molar-refractivity contribution in [2.24, 2.45) is 0 Å². The summed E-state index contributed by atoms with van der Waals surface area (Å²) in [5.74, 6) is 1.03. The molecule has 0 bridgehead atoms. The molecule has 2 fully saturated rings. The lowest BCUT2D eigenvalue weighted by atomic mass is 10.1. The van der Waals surface area contributed by atoms with Crippen LogP contribution in [-0.4, -0.2) is 51.2 Å². The third-order valence-electron chi connectivity index (χ3n) is 6.31. The second-order valence-corrected chi connectivity index (χ2v) is 9.04. The van der Waals surface area contributed by atoms with Crippen molar-refractivity contribution in [3.63, 3.8) is 0 Å². The SMILES string of the molecule is CC(C)c1cnn2c(NCc3ccccc3N3CCCC3=O)nc(OC3CCCNC3)nc12. The third-order valence-corrected chi connectivity index (χ3v) is 6.31. The van der Waals surface area contributed by atoms with E-state index in [9.17, 15) is 4.79 Å². The number of benzene rings is 1. The van der Waals surface area contributed by atoms with Gasteiger partial charge in [-0.25, -0.2) is 0 Å². The molecule has 2 aliphatic heterocycles. The van der Waals surface area contributed by atoms with Crippen LogP contribution >= 0.6 is 0 Å². The summed E-state index contributed by atoms with van der Waals surface area (Å²) >= 11 is 0. The zero-order valence-electron chi connectivity index (χ0n) is 19.3. The fourth-order valence-corrected chi connectivity index (χ4v) is 4.52. The Morgan fingerprint density at radius 3 is 2.88 bits per heavy atom. The van der Waals surface area contributed by atoms with Gasteiger partial charge in [0.25, 0.3) is 0 Å². The van der Waals surface area contributed by atoms with Gasteiger partial charge in [-0.3, -0.25) is 4.79 Å². The first-order valence-electron chi connectivity index (χ1n) is 11.9. The molecule has 0 radical (unpaired) electrons. The van der Waals surface area contributed by atoms with E-state index in [0.29, 0.717) is 24.9 Å². The Balaban J connectivity index is 1.44. The van der Waals surface area contributed by atoms with Gasteiger partial charge in [0, 0.05) is 37.3 Å². The normalized spacial score (nSPS) is 18.9. The smallest absolute Gasteiger partial charge is 0.322 e. The average molecular weight is 450 g/mol. The van der Waals surface area contributed by atoms with Gasteiger partial charge < -0.3 is 20.3 Å². The number of hydrogen-bond acceptors (Lipinski definition) is 7. The molecule has 2 saturated heterocycles. The second kappa shape index (κ2) is 9.35. The minimum Gasteiger partial charge on any atom is -0.459 e. The van der Waals surface area contributed by atoms with Gasteiger partial charge in [0.15, 0.2) is 5.65 Å². The van der Waals surface area contributed by atoms with Crippen molar-refractivity contribution in [1.82, 2.24) is 24.9 Å². The molecule has 2 aliphatic rings. The molecule has 9 heteroatoms. The highest BCUT2D eigenvalue weighted by Crippen LogP contribution is 2.27. The summed E-state index contributed by atoms with van der Waals surface area (Å²) < 4.78 is 7.90. The first-order valence-corrected chi connectivity index (χ1v) is 11.9. The molecule has 3 aromatic rings. The molecule has 0 aliphatic carbocycles. The van der Waals surface area contributed by atoms with Crippen molar-refractivity contribution in [3.05, 3.63) is 41.6 Å². The maximum atomic E-state index is 12.3. The summed E-state index contributed by atoms with van der Waals surface area (Å²) in [4.78, 5) is 23.6. The lowest BCUT2D eigenvalue weighted by Gasteiger charge is -2.23. The zero-order chi connectivity index (χ0) is 22.8. The van der Waals surface area contributed by atoms with E-state index in [4.69, 9.17) is 9.72 Å². The van der Waals surface area contributed by atoms with Crippen LogP contribution in [0.5, 0.6) is 6.01 Å². The number of anilines is 2. The molecule has 33 heavy (non-hydrogen) atoms. The third kappa shape index (κ3) is 4.50. The number of carbonyl (C=O) groups excluding carboxylic acids is 1. The van der Waals surface area contributed by atoms with Crippen LogP contribution in [0.15, 0.2) is 30.5 Å². The number of rotatable bonds is 7. The van der Waals surface area contributed by atoms with Crippen LogP contribution in [0.1, 0.15) is 56.6 Å². The number of nitrogens with zero attached hydrogens (tertiary/aromatic N) is 5. The van der Waals surface area contributed by atoms with Gasteiger partial charge in [0.2, 0.25) is 11.9 Å². The Kier molecular flexibility index (Phi) is 6.13. The Hall–Kier alpha value is -3.20. The standard InChI is InChI=1S/C24H31N7O2/c1-16(2)19-15-27-31-22(19)28-24(33-18-8-5-11-25-14-18)29-23(31)26-13-17-7-3-4-9-20(17)30-12-6-10-21(30)32/h3-4,7,9,15-16,18,25H,5-6,8,10-14H2,1-2H3,(H,26,28,29). The van der Waals surface area contributed by atoms with Crippen LogP contribution in [0, 0.1) is 0 Å². The fourth-order valence-electron chi connectivity index (χ4n) is 4.52. The van der Waals surface area contributed by atoms with Gasteiger partial charge in [-0.15, -0.1) is 0 Å². The number of hydrogen-bond donors (Lipinski definition) is 2. The summed E-state index contributed by atoms with van der Waals surface area (Å²) in [5, 5.41) is 11.3. The van der Waals surface area contributed by atoms with Crippen molar-refractivity contribution < 1.29 is 9.53 Å². The van der Waals surface area contributed by atoms with Gasteiger partial charge in [-0.1, -0.05) is 32.0 Å². The number of ether oxygens (including phenoxy) is 1. The molecular formula is C24H31N7O2. The van der Waals surface area contributed by atoms with E-state index in [1.165, 1.54) is 0 Å². The number of aromatic nitrogens is 4. The quantitative estimate of drug-likeness (QED) is 0.572. The molecule has 174 valence electrons. The van der Waals surface area contributed by atoms with Crippen LogP contribution in [-0.2, 0) is 11.3 Å². The number of nitrogens with one attached hydrogen (secondary N) is 2. The highest BCUT2D eigenvalue weighted by atomic mass is 16.5. The monoisotopic (exact) mass is 449 g/mol. The van der Waals surface area contributed by atoms with Crippen LogP contribution in [0.25, 0.3) is 5.65 Å². The topological polar surface area (TPSA) is 96.7 Å². The Labute approximate surface area is 193 Å². The summed E-state index contributed by atoms with van der Waals surface area (Å²) in [6.45, 7) is 7.34. The molecule has 0 saturated carbocycles. The van der Waals surface area contributed by atoms with Crippen LogP contribution in [0.2, 0.25) is 0 Å². The number of carbonyl (C=O) groups is 1.